The standard InChI is InChI=1S/C19H13BrO2/c20-11-19(21)22-14-9-13-6-8-16-15-4-2-1-3-12(15)5-7-17(16)18(13)10-14/h1-9H,10-11H2. The Balaban J connectivity index is 1.84. The van der Waals surface area contributed by atoms with Crippen LogP contribution in [0.25, 0.3) is 27.6 Å². The van der Waals surface area contributed by atoms with Gasteiger partial charge in [-0.2, -0.15) is 0 Å². The second-order valence-corrected chi connectivity index (χ2v) is 5.97. The van der Waals surface area contributed by atoms with Crippen molar-refractivity contribution in [3.63, 3.8) is 0 Å². The molecule has 4 rings (SSSR count). The van der Waals surface area contributed by atoms with Crippen molar-refractivity contribution in [1.82, 2.24) is 0 Å². The van der Waals surface area contributed by atoms with E-state index in [0.717, 1.165) is 11.3 Å². The first kappa shape index (κ1) is 13.5. The molecule has 3 aromatic rings. The average molecular weight is 353 g/mol. The summed E-state index contributed by atoms with van der Waals surface area (Å²) in [5, 5.41) is 5.20. The highest BCUT2D eigenvalue weighted by Crippen LogP contribution is 2.35. The lowest BCUT2D eigenvalue weighted by molar-refractivity contribution is -0.136. The maximum Gasteiger partial charge on any atom is 0.321 e. The van der Waals surface area contributed by atoms with Gasteiger partial charge < -0.3 is 4.74 Å². The smallest absolute Gasteiger partial charge is 0.321 e. The third-order valence-corrected chi connectivity index (χ3v) is 4.55. The quantitative estimate of drug-likeness (QED) is 0.375. The Morgan fingerprint density at radius 3 is 2.68 bits per heavy atom. The van der Waals surface area contributed by atoms with Crippen LogP contribution in [0.15, 0.2) is 54.3 Å². The number of benzene rings is 3. The lowest BCUT2D eigenvalue weighted by atomic mass is 9.96. The number of carbonyl (C=O) groups excluding carboxylic acids is 1. The van der Waals surface area contributed by atoms with Gasteiger partial charge in [0, 0.05) is 6.42 Å². The highest BCUT2D eigenvalue weighted by molar-refractivity contribution is 9.09. The van der Waals surface area contributed by atoms with Crippen molar-refractivity contribution in [3.05, 3.63) is 65.4 Å². The topological polar surface area (TPSA) is 26.3 Å². The van der Waals surface area contributed by atoms with Gasteiger partial charge in [0.2, 0.25) is 0 Å². The van der Waals surface area contributed by atoms with Gasteiger partial charge in [-0.1, -0.05) is 64.5 Å². The minimum atomic E-state index is -0.256. The van der Waals surface area contributed by atoms with Crippen LogP contribution in [0, 0.1) is 0 Å². The summed E-state index contributed by atoms with van der Waals surface area (Å²) >= 11 is 3.12. The van der Waals surface area contributed by atoms with Crippen LogP contribution in [0.5, 0.6) is 0 Å². The Morgan fingerprint density at radius 2 is 1.82 bits per heavy atom. The van der Waals surface area contributed by atoms with Crippen molar-refractivity contribution >= 4 is 49.5 Å². The molecule has 0 heterocycles. The van der Waals surface area contributed by atoms with Crippen LogP contribution in [0.2, 0.25) is 0 Å². The van der Waals surface area contributed by atoms with E-state index in [-0.39, 0.29) is 11.3 Å². The molecule has 0 atom stereocenters. The summed E-state index contributed by atoms with van der Waals surface area (Å²) in [7, 11) is 0. The highest BCUT2D eigenvalue weighted by atomic mass is 79.9. The molecule has 22 heavy (non-hydrogen) atoms. The number of allylic oxidation sites excluding steroid dienone is 1. The van der Waals surface area contributed by atoms with Crippen LogP contribution in [-0.4, -0.2) is 11.3 Å². The van der Waals surface area contributed by atoms with Crippen LogP contribution in [-0.2, 0) is 16.0 Å². The molecule has 3 heteroatoms. The van der Waals surface area contributed by atoms with Crippen molar-refractivity contribution in [1.29, 1.82) is 0 Å². The molecule has 0 N–H and O–H groups in total. The molecule has 1 aliphatic rings. The van der Waals surface area contributed by atoms with Crippen LogP contribution in [0.3, 0.4) is 0 Å². The van der Waals surface area contributed by atoms with Gasteiger partial charge in [-0.3, -0.25) is 4.79 Å². The zero-order valence-corrected chi connectivity index (χ0v) is 13.4. The second-order valence-electron chi connectivity index (χ2n) is 5.41. The normalized spacial score (nSPS) is 13.2. The molecule has 0 saturated heterocycles. The Kier molecular flexibility index (Phi) is 3.23. The van der Waals surface area contributed by atoms with Crippen molar-refractivity contribution in [2.45, 2.75) is 6.42 Å². The monoisotopic (exact) mass is 352 g/mol. The number of halogens is 1. The molecular formula is C19H13BrO2. The maximum atomic E-state index is 11.4. The van der Waals surface area contributed by atoms with E-state index in [1.54, 1.807) is 0 Å². The summed E-state index contributed by atoms with van der Waals surface area (Å²) in [6.07, 6.45) is 2.63. The summed E-state index contributed by atoms with van der Waals surface area (Å²) in [6.45, 7) is 0. The number of hydrogen-bond donors (Lipinski definition) is 0. The molecule has 0 aromatic heterocycles. The fourth-order valence-corrected chi connectivity index (χ4v) is 3.25. The number of esters is 1. The number of alkyl halides is 1. The zero-order chi connectivity index (χ0) is 15.1. The molecule has 0 radical (unpaired) electrons. The van der Waals surface area contributed by atoms with E-state index in [0.29, 0.717) is 6.42 Å². The molecule has 0 unspecified atom stereocenters. The molecule has 0 fully saturated rings. The first-order chi connectivity index (χ1) is 10.8. The van der Waals surface area contributed by atoms with Gasteiger partial charge in [-0.05, 0) is 38.7 Å². The Bertz CT molecular complexity index is 941. The minimum Gasteiger partial charge on any atom is -0.430 e. The van der Waals surface area contributed by atoms with Gasteiger partial charge in [0.25, 0.3) is 0 Å². The Morgan fingerprint density at radius 1 is 1.00 bits per heavy atom. The van der Waals surface area contributed by atoms with Crippen LogP contribution in [0.4, 0.5) is 0 Å². The number of ether oxygens (including phenoxy) is 1. The van der Waals surface area contributed by atoms with E-state index in [9.17, 15) is 4.79 Å². The van der Waals surface area contributed by atoms with E-state index < -0.39 is 0 Å². The third-order valence-electron chi connectivity index (χ3n) is 4.10. The molecule has 2 nitrogen and oxygen atoms in total. The Hall–Kier alpha value is -2.13. The highest BCUT2D eigenvalue weighted by Gasteiger charge is 2.19. The van der Waals surface area contributed by atoms with Crippen molar-refractivity contribution in [3.8, 4) is 0 Å². The minimum absolute atomic E-state index is 0.214. The summed E-state index contributed by atoms with van der Waals surface area (Å²) < 4.78 is 5.35. The Labute approximate surface area is 136 Å². The lowest BCUT2D eigenvalue weighted by Gasteiger charge is -2.09. The molecule has 3 aromatic carbocycles. The first-order valence-electron chi connectivity index (χ1n) is 7.17. The molecule has 0 spiro atoms. The van der Waals surface area contributed by atoms with Crippen molar-refractivity contribution in [2.75, 3.05) is 5.33 Å². The number of hydrogen-bond acceptors (Lipinski definition) is 2. The van der Waals surface area contributed by atoms with Gasteiger partial charge in [-0.25, -0.2) is 0 Å². The van der Waals surface area contributed by atoms with E-state index in [2.05, 4.69) is 64.5 Å². The van der Waals surface area contributed by atoms with Gasteiger partial charge in [0.1, 0.15) is 11.1 Å². The van der Waals surface area contributed by atoms with E-state index >= 15 is 0 Å². The van der Waals surface area contributed by atoms with Gasteiger partial charge in [0.15, 0.2) is 0 Å². The largest absolute Gasteiger partial charge is 0.430 e. The zero-order valence-electron chi connectivity index (χ0n) is 11.8. The molecule has 0 amide bonds. The summed E-state index contributed by atoms with van der Waals surface area (Å²) in [6, 6.07) is 17.0. The predicted octanol–water partition coefficient (Wildman–Crippen LogP) is 4.83. The summed E-state index contributed by atoms with van der Waals surface area (Å²) in [4.78, 5) is 11.4. The molecule has 108 valence electrons. The summed E-state index contributed by atoms with van der Waals surface area (Å²) in [5.41, 5.74) is 2.38. The fraction of sp³-hybridized carbons (Fsp3) is 0.105. The van der Waals surface area contributed by atoms with Gasteiger partial charge in [0.05, 0.1) is 0 Å². The number of rotatable bonds is 2. The fourth-order valence-electron chi connectivity index (χ4n) is 3.14. The van der Waals surface area contributed by atoms with Gasteiger partial charge >= 0.3 is 5.97 Å². The lowest BCUT2D eigenvalue weighted by Crippen LogP contribution is -2.05. The van der Waals surface area contributed by atoms with Crippen LogP contribution >= 0.6 is 15.9 Å². The van der Waals surface area contributed by atoms with Crippen LogP contribution in [0.1, 0.15) is 11.1 Å². The van der Waals surface area contributed by atoms with Crippen LogP contribution < -0.4 is 0 Å². The number of fused-ring (bicyclic) bond motifs is 5. The third kappa shape index (κ3) is 2.13. The summed E-state index contributed by atoms with van der Waals surface area (Å²) in [5.74, 6) is 0.467. The van der Waals surface area contributed by atoms with Crippen molar-refractivity contribution in [2.24, 2.45) is 0 Å². The van der Waals surface area contributed by atoms with E-state index in [1.807, 2.05) is 6.08 Å². The molecule has 0 saturated carbocycles. The predicted molar refractivity (Wildman–Crippen MR) is 93.0 cm³/mol. The number of carbonyl (C=O) groups is 1. The molecule has 0 bridgehead atoms. The molecule has 0 aliphatic heterocycles. The maximum absolute atomic E-state index is 11.4. The average Bonchev–Trinajstić information content (AvgIpc) is 2.97. The second kappa shape index (κ2) is 5.25. The van der Waals surface area contributed by atoms with E-state index in [4.69, 9.17) is 4.74 Å². The molecule has 1 aliphatic carbocycles. The molecular weight excluding hydrogens is 340 g/mol. The first-order valence-corrected chi connectivity index (χ1v) is 8.29. The SMILES string of the molecule is O=C(CBr)OC1=Cc2ccc3c(ccc4ccccc43)c2C1. The van der Waals surface area contributed by atoms with E-state index in [1.165, 1.54) is 27.1 Å². The van der Waals surface area contributed by atoms with Gasteiger partial charge in [-0.15, -0.1) is 0 Å². The van der Waals surface area contributed by atoms with Crippen molar-refractivity contribution < 1.29 is 9.53 Å².